The van der Waals surface area contributed by atoms with E-state index in [1.165, 1.54) is 21.5 Å². The second kappa shape index (κ2) is 34.1. The lowest BCUT2D eigenvalue weighted by Crippen LogP contribution is -2.03. The van der Waals surface area contributed by atoms with Crippen LogP contribution in [0.2, 0.25) is 0 Å². The maximum atomic E-state index is 6.60. The van der Waals surface area contributed by atoms with Gasteiger partial charge in [-0.15, -0.1) is 0 Å². The highest BCUT2D eigenvalue weighted by Gasteiger charge is 2.27. The van der Waals surface area contributed by atoms with E-state index in [1.807, 2.05) is 224 Å². The van der Waals surface area contributed by atoms with Crippen LogP contribution in [0.5, 0.6) is 0 Å². The fourth-order valence-electron chi connectivity index (χ4n) is 21.2. The predicted octanol–water partition coefficient (Wildman–Crippen LogP) is 33.1. The van der Waals surface area contributed by atoms with Gasteiger partial charge in [-0.3, -0.25) is 0 Å². The van der Waals surface area contributed by atoms with Crippen LogP contribution in [0.4, 0.5) is 0 Å². The number of hydrogen-bond acceptors (Lipinski definition) is 12. The molecule has 0 bridgehead atoms. The van der Waals surface area contributed by atoms with Gasteiger partial charge in [-0.2, -0.15) is 0 Å². The fourth-order valence-corrected chi connectivity index (χ4v) is 21.2. The second-order valence-corrected chi connectivity index (χ2v) is 36.1. The number of nitrogens with zero attached hydrogens (tertiary/aromatic N) is 12. The lowest BCUT2D eigenvalue weighted by molar-refractivity contribution is 0.672. The smallest absolute Gasteiger partial charge is 0.166 e. The van der Waals surface area contributed by atoms with Crippen molar-refractivity contribution >= 4 is 164 Å². The van der Waals surface area contributed by atoms with Gasteiger partial charge in [0.2, 0.25) is 0 Å². The summed E-state index contributed by atoms with van der Waals surface area (Å²) in [4.78, 5) is 44.7. The number of rotatable bonds is 12. The number of fused-ring (bicyclic) bond motifs is 27. The van der Waals surface area contributed by atoms with Gasteiger partial charge < -0.3 is 27.0 Å². The quantitative estimate of drug-likeness (QED) is 0.114. The molecule has 0 N–H and O–H groups in total. The summed E-state index contributed by atoms with van der Waals surface area (Å²) in [6.45, 7) is 0. The van der Waals surface area contributed by atoms with Crippen molar-refractivity contribution in [2.24, 2.45) is 0 Å². The first-order valence-corrected chi connectivity index (χ1v) is 48.1. The number of aromatic nitrogens is 12. The average molecular weight is 1840 g/mol. The molecule has 0 amide bonds. The van der Waals surface area contributed by atoms with E-state index in [9.17, 15) is 0 Å². The van der Waals surface area contributed by atoms with Crippen molar-refractivity contribution in [1.29, 1.82) is 0 Å². The largest absolute Gasteiger partial charge is 0.455 e. The Bertz CT molecular complexity index is 10200. The molecule has 0 unspecified atom stereocenters. The van der Waals surface area contributed by atoms with E-state index in [1.54, 1.807) is 0 Å². The van der Waals surface area contributed by atoms with Crippen molar-refractivity contribution in [3.8, 4) is 120 Å². The highest BCUT2D eigenvalue weighted by molar-refractivity contribution is 6.33. The van der Waals surface area contributed by atoms with E-state index >= 15 is 0 Å². The molecule has 0 aliphatic heterocycles. The van der Waals surface area contributed by atoms with Crippen LogP contribution in [0.1, 0.15) is 0 Å². The van der Waals surface area contributed by atoms with Crippen LogP contribution in [0.15, 0.2) is 486 Å². The van der Waals surface area contributed by atoms with Gasteiger partial charge in [0.05, 0.1) is 38.8 Å². The monoisotopic (exact) mass is 1840 g/mol. The van der Waals surface area contributed by atoms with Crippen LogP contribution in [-0.4, -0.2) is 58.6 Å². The van der Waals surface area contributed by atoms with Crippen LogP contribution in [0, 0.1) is 0 Å². The Morgan fingerprint density at radius 1 is 0.153 bits per heavy atom. The van der Waals surface area contributed by atoms with Gasteiger partial charge in [0.25, 0.3) is 0 Å². The first kappa shape index (κ1) is 82.5. The second-order valence-electron chi connectivity index (χ2n) is 36.1. The summed E-state index contributed by atoms with van der Waals surface area (Å²) in [6.07, 6.45) is 0. The zero-order chi connectivity index (χ0) is 94.8. The molecule has 15 heteroatoms. The molecule has 0 aliphatic carbocycles. The molecule has 0 spiro atoms. The Labute approximate surface area is 822 Å². The molecular weight excluding hydrogens is 1770 g/mol. The zero-order valence-electron chi connectivity index (χ0n) is 77.1. The standard InChI is InChI=1S/3C43H26N4O/c1-3-13-28(14-4-1)41-44-42(29-15-5-2-6-16-29)46-43(45-41)33-19-8-11-21-35(33)47-34-20-10-7-18-32(34)39-36(47)26-24-27-23-25-31-30-17-9-12-22-37(30)48-40(31)38(27)39;1-3-12-28(13-4-1)41-44-42(29-14-5-2-6-15-29)46-43(45-41)30-16-11-17-31(26-30)47-35-20-9-7-19-34(35)39-36(47)25-23-27-22-24-33-32-18-8-10-21-37(32)48-40(33)38(27)39;1-3-11-28(12-4-1)41-44-42(29-13-5-2-6-14-29)46-43(45-41)30-19-23-31(24-20-30)47-35-17-9-7-16-34(35)39-36(47)26-22-27-21-25-33-32-15-8-10-18-37(32)48-40(33)38(27)39/h3*1-26H. The van der Waals surface area contributed by atoms with Gasteiger partial charge >= 0.3 is 0 Å². The maximum absolute atomic E-state index is 6.60. The Morgan fingerprint density at radius 3 is 0.778 bits per heavy atom. The summed E-state index contributed by atoms with van der Waals surface area (Å²) in [6, 6.07) is 163. The van der Waals surface area contributed by atoms with Crippen LogP contribution >= 0.6 is 0 Å². The molecule has 0 fully saturated rings. The first-order valence-electron chi connectivity index (χ1n) is 48.1. The molecule has 0 saturated carbocycles. The van der Waals surface area contributed by atoms with Crippen LogP contribution in [0.25, 0.3) is 283 Å². The fraction of sp³-hybridized carbons (Fsp3) is 0. The van der Waals surface area contributed by atoms with Crippen LogP contribution < -0.4 is 0 Å². The van der Waals surface area contributed by atoms with E-state index in [2.05, 4.69) is 262 Å². The minimum Gasteiger partial charge on any atom is -0.455 e. The van der Waals surface area contributed by atoms with Gasteiger partial charge in [0.1, 0.15) is 33.5 Å². The van der Waals surface area contributed by atoms with Crippen molar-refractivity contribution in [2.45, 2.75) is 0 Å². The van der Waals surface area contributed by atoms with E-state index in [0.717, 1.165) is 209 Å². The van der Waals surface area contributed by atoms with Gasteiger partial charge in [0.15, 0.2) is 52.4 Å². The minimum absolute atomic E-state index is 0.615. The maximum Gasteiger partial charge on any atom is 0.166 e. The van der Waals surface area contributed by atoms with Gasteiger partial charge in [-0.1, -0.05) is 352 Å². The molecule has 9 heterocycles. The molecule has 0 saturated heterocycles. The normalized spacial score (nSPS) is 11.8. The third-order valence-corrected chi connectivity index (χ3v) is 27.7. The minimum atomic E-state index is 0.615. The van der Waals surface area contributed by atoms with Crippen molar-refractivity contribution in [3.63, 3.8) is 0 Å². The lowest BCUT2D eigenvalue weighted by atomic mass is 10.0. The van der Waals surface area contributed by atoms with E-state index in [4.69, 9.17) is 58.1 Å². The van der Waals surface area contributed by atoms with Crippen LogP contribution in [-0.2, 0) is 0 Å². The predicted molar refractivity (Wildman–Crippen MR) is 586 cm³/mol. The topological polar surface area (TPSA) is 170 Å². The summed E-state index contributed by atoms with van der Waals surface area (Å²) in [5.41, 5.74) is 23.6. The third-order valence-electron chi connectivity index (χ3n) is 27.7. The number of para-hydroxylation sites is 7. The Morgan fingerprint density at radius 2 is 0.417 bits per heavy atom. The number of hydrogen-bond donors (Lipinski definition) is 0. The molecule has 0 atom stereocenters. The molecular formula is C129H78N12O3. The van der Waals surface area contributed by atoms with Gasteiger partial charge in [0, 0.05) is 142 Å². The highest BCUT2D eigenvalue weighted by Crippen LogP contribution is 2.49. The third kappa shape index (κ3) is 13.9. The molecule has 15 nitrogen and oxygen atoms in total. The molecule has 0 aliphatic rings. The summed E-state index contributed by atoms with van der Waals surface area (Å²) in [5.74, 6) is 5.72. The lowest BCUT2D eigenvalue weighted by Gasteiger charge is -2.14. The molecule has 21 aromatic carbocycles. The van der Waals surface area contributed by atoms with E-state index < -0.39 is 0 Å². The van der Waals surface area contributed by atoms with Crippen molar-refractivity contribution in [3.05, 3.63) is 473 Å². The number of furan rings is 3. The number of benzene rings is 21. The zero-order valence-corrected chi connectivity index (χ0v) is 77.1. The van der Waals surface area contributed by atoms with E-state index in [0.29, 0.717) is 52.4 Å². The van der Waals surface area contributed by atoms with E-state index in [-0.39, 0.29) is 0 Å². The molecule has 0 radical (unpaired) electrons. The van der Waals surface area contributed by atoms with Crippen LogP contribution in [0.3, 0.4) is 0 Å². The van der Waals surface area contributed by atoms with Gasteiger partial charge in [-0.05, 0) is 137 Å². The Balaban J connectivity index is 0.000000105. The van der Waals surface area contributed by atoms with Crippen molar-refractivity contribution in [2.75, 3.05) is 0 Å². The van der Waals surface area contributed by atoms with Crippen molar-refractivity contribution in [1.82, 2.24) is 58.6 Å². The summed E-state index contributed by atoms with van der Waals surface area (Å²) >= 11 is 0. The van der Waals surface area contributed by atoms with Gasteiger partial charge in [-0.25, -0.2) is 44.9 Å². The molecule has 672 valence electrons. The molecule has 30 aromatic rings. The molecule has 9 aromatic heterocycles. The molecule has 30 rings (SSSR count). The SMILES string of the molecule is c1ccc(-c2nc(-c3ccccc3)nc(-c3ccc(-n4c5ccccc5c5c6c(ccc7c8ccccc8oc76)ccc54)cc3)n2)cc1.c1ccc(-c2nc(-c3ccccc3)nc(-c3cccc(-n4c5ccccc5c5c6c(ccc7c8ccccc8oc76)ccc54)c3)n2)cc1.c1ccc(-c2nc(-c3ccccc3)nc(-c3ccccc3-n3c4ccccc4c4c5c(ccc6c7ccccc7oc65)ccc43)n2)cc1. The van der Waals surface area contributed by atoms with Crippen molar-refractivity contribution < 1.29 is 13.3 Å². The highest BCUT2D eigenvalue weighted by atomic mass is 16.3. The first-order chi connectivity index (χ1) is 71.4. The Kier molecular flexibility index (Phi) is 19.6. The molecule has 144 heavy (non-hydrogen) atoms. The summed E-state index contributed by atoms with van der Waals surface area (Å²) < 4.78 is 26.8. The average Bonchev–Trinajstić information content (AvgIpc) is 1.56. The summed E-state index contributed by atoms with van der Waals surface area (Å²) in [7, 11) is 0. The Hall–Kier alpha value is -19.8. The summed E-state index contributed by atoms with van der Waals surface area (Å²) in [5, 5.41) is 20.7.